The molecule has 0 aromatic heterocycles. The van der Waals surface area contributed by atoms with Crippen LogP contribution in [0.5, 0.6) is 0 Å². The number of benzene rings is 2. The van der Waals surface area contributed by atoms with Crippen molar-refractivity contribution in [2.45, 2.75) is 32.2 Å². The van der Waals surface area contributed by atoms with E-state index in [1.165, 1.54) is 23.3 Å². The standard InChI is InChI=1S/C20H20FNO3/c1-12-5-3-4-6-16(12)15-9-13(2)22(11-15)19(23)17-8-7-14(20(24)25)10-18(17)21/h3-8,10,13,15H,9,11H2,1-2H3,(H,24,25). The van der Waals surface area contributed by atoms with Gasteiger partial charge in [0.15, 0.2) is 0 Å². The molecule has 0 spiro atoms. The van der Waals surface area contributed by atoms with Crippen molar-refractivity contribution in [3.8, 4) is 0 Å². The van der Waals surface area contributed by atoms with Gasteiger partial charge in [-0.2, -0.15) is 0 Å². The Labute approximate surface area is 145 Å². The molecule has 25 heavy (non-hydrogen) atoms. The number of rotatable bonds is 3. The molecule has 0 saturated carbocycles. The Morgan fingerprint density at radius 3 is 2.56 bits per heavy atom. The molecular weight excluding hydrogens is 321 g/mol. The van der Waals surface area contributed by atoms with E-state index < -0.39 is 17.7 Å². The third kappa shape index (κ3) is 3.27. The van der Waals surface area contributed by atoms with Crippen molar-refractivity contribution in [2.75, 3.05) is 6.54 Å². The monoisotopic (exact) mass is 341 g/mol. The summed E-state index contributed by atoms with van der Waals surface area (Å²) >= 11 is 0. The van der Waals surface area contributed by atoms with E-state index in [4.69, 9.17) is 5.11 Å². The van der Waals surface area contributed by atoms with E-state index in [0.29, 0.717) is 6.54 Å². The largest absolute Gasteiger partial charge is 0.478 e. The van der Waals surface area contributed by atoms with Crippen LogP contribution in [0.2, 0.25) is 0 Å². The molecule has 2 aromatic carbocycles. The van der Waals surface area contributed by atoms with Crippen LogP contribution in [0, 0.1) is 12.7 Å². The van der Waals surface area contributed by atoms with Gasteiger partial charge in [-0.25, -0.2) is 9.18 Å². The minimum Gasteiger partial charge on any atom is -0.478 e. The van der Waals surface area contributed by atoms with Gasteiger partial charge in [0.05, 0.1) is 11.1 Å². The average molecular weight is 341 g/mol. The van der Waals surface area contributed by atoms with Crippen molar-refractivity contribution in [1.82, 2.24) is 4.90 Å². The van der Waals surface area contributed by atoms with Crippen molar-refractivity contribution in [3.63, 3.8) is 0 Å². The Bertz CT molecular complexity index is 833. The summed E-state index contributed by atoms with van der Waals surface area (Å²) in [6, 6.07) is 11.5. The van der Waals surface area contributed by atoms with Crippen LogP contribution in [-0.2, 0) is 0 Å². The molecular formula is C20H20FNO3. The fraction of sp³-hybridized carbons (Fsp3) is 0.300. The van der Waals surface area contributed by atoms with Gasteiger partial charge in [-0.15, -0.1) is 0 Å². The molecule has 1 N–H and O–H groups in total. The van der Waals surface area contributed by atoms with E-state index in [1.54, 1.807) is 4.90 Å². The molecule has 1 saturated heterocycles. The Hall–Kier alpha value is -2.69. The smallest absolute Gasteiger partial charge is 0.335 e. The summed E-state index contributed by atoms with van der Waals surface area (Å²) in [5, 5.41) is 8.92. The number of carboxylic acid groups (broad SMARTS) is 1. The molecule has 1 fully saturated rings. The Kier molecular flexibility index (Phi) is 4.57. The third-order valence-corrected chi connectivity index (χ3v) is 4.91. The second-order valence-electron chi connectivity index (χ2n) is 6.60. The molecule has 1 heterocycles. The maximum atomic E-state index is 14.2. The fourth-order valence-electron chi connectivity index (χ4n) is 3.56. The second-order valence-corrected chi connectivity index (χ2v) is 6.60. The van der Waals surface area contributed by atoms with Crippen molar-refractivity contribution in [1.29, 1.82) is 0 Å². The summed E-state index contributed by atoms with van der Waals surface area (Å²) in [5.41, 5.74) is 2.15. The zero-order valence-electron chi connectivity index (χ0n) is 14.2. The highest BCUT2D eigenvalue weighted by molar-refractivity contribution is 5.96. The molecule has 2 atom stereocenters. The summed E-state index contributed by atoms with van der Waals surface area (Å²) in [5.74, 6) is -2.18. The van der Waals surface area contributed by atoms with Gasteiger partial charge in [0.1, 0.15) is 5.82 Å². The highest BCUT2D eigenvalue weighted by atomic mass is 19.1. The first-order chi connectivity index (χ1) is 11.9. The molecule has 0 radical (unpaired) electrons. The zero-order valence-corrected chi connectivity index (χ0v) is 14.2. The van der Waals surface area contributed by atoms with Crippen LogP contribution in [0.15, 0.2) is 42.5 Å². The number of aromatic carboxylic acids is 1. The number of hydrogen-bond donors (Lipinski definition) is 1. The number of amides is 1. The summed E-state index contributed by atoms with van der Waals surface area (Å²) in [7, 11) is 0. The van der Waals surface area contributed by atoms with E-state index >= 15 is 0 Å². The van der Waals surface area contributed by atoms with E-state index in [0.717, 1.165) is 12.5 Å². The van der Waals surface area contributed by atoms with Crippen molar-refractivity contribution in [2.24, 2.45) is 0 Å². The average Bonchev–Trinajstić information content (AvgIpc) is 2.96. The lowest BCUT2D eigenvalue weighted by molar-refractivity contribution is 0.0691. The predicted octanol–water partition coefficient (Wildman–Crippen LogP) is 3.85. The minimum absolute atomic E-state index is 0.00402. The predicted molar refractivity (Wildman–Crippen MR) is 92.4 cm³/mol. The second kappa shape index (κ2) is 6.67. The van der Waals surface area contributed by atoms with Gasteiger partial charge >= 0.3 is 5.97 Å². The molecule has 3 rings (SSSR count). The highest BCUT2D eigenvalue weighted by Crippen LogP contribution is 2.34. The Balaban J connectivity index is 1.84. The number of hydrogen-bond acceptors (Lipinski definition) is 2. The molecule has 2 unspecified atom stereocenters. The van der Waals surface area contributed by atoms with Crippen LogP contribution in [-0.4, -0.2) is 34.5 Å². The number of carboxylic acids is 1. The summed E-state index contributed by atoms with van der Waals surface area (Å²) in [6.45, 7) is 4.54. The van der Waals surface area contributed by atoms with Crippen molar-refractivity contribution in [3.05, 3.63) is 70.5 Å². The lowest BCUT2D eigenvalue weighted by Gasteiger charge is -2.22. The molecule has 1 aliphatic heterocycles. The molecule has 4 nitrogen and oxygen atoms in total. The molecule has 0 bridgehead atoms. The van der Waals surface area contributed by atoms with E-state index in [-0.39, 0.29) is 23.1 Å². The number of nitrogens with zero attached hydrogens (tertiary/aromatic N) is 1. The first-order valence-electron chi connectivity index (χ1n) is 8.28. The number of likely N-dealkylation sites (tertiary alicyclic amines) is 1. The van der Waals surface area contributed by atoms with E-state index in [1.807, 2.05) is 19.1 Å². The van der Waals surface area contributed by atoms with Crippen LogP contribution in [0.25, 0.3) is 0 Å². The normalized spacial score (nSPS) is 19.9. The minimum atomic E-state index is -1.22. The molecule has 130 valence electrons. The maximum Gasteiger partial charge on any atom is 0.335 e. The van der Waals surface area contributed by atoms with Crippen LogP contribution >= 0.6 is 0 Å². The van der Waals surface area contributed by atoms with Gasteiger partial charge in [0.25, 0.3) is 5.91 Å². The SMILES string of the molecule is Cc1ccccc1C1CC(C)N(C(=O)c2ccc(C(=O)O)cc2F)C1. The van der Waals surface area contributed by atoms with Gasteiger partial charge in [0.2, 0.25) is 0 Å². The molecule has 2 aromatic rings. The van der Waals surface area contributed by atoms with Crippen LogP contribution in [0.3, 0.4) is 0 Å². The number of aryl methyl sites for hydroxylation is 1. The molecule has 5 heteroatoms. The van der Waals surface area contributed by atoms with Crippen molar-refractivity contribution >= 4 is 11.9 Å². The van der Waals surface area contributed by atoms with E-state index in [9.17, 15) is 14.0 Å². The Morgan fingerprint density at radius 1 is 1.20 bits per heavy atom. The van der Waals surface area contributed by atoms with E-state index in [2.05, 4.69) is 19.1 Å². The van der Waals surface area contributed by atoms with Gasteiger partial charge in [0, 0.05) is 18.5 Å². The molecule has 1 amide bonds. The van der Waals surface area contributed by atoms with Crippen LogP contribution in [0.4, 0.5) is 4.39 Å². The van der Waals surface area contributed by atoms with Crippen LogP contribution < -0.4 is 0 Å². The summed E-state index contributed by atoms with van der Waals surface area (Å²) in [4.78, 5) is 25.3. The summed E-state index contributed by atoms with van der Waals surface area (Å²) in [6.07, 6.45) is 0.825. The maximum absolute atomic E-state index is 14.2. The number of halogens is 1. The van der Waals surface area contributed by atoms with Gasteiger partial charge in [-0.1, -0.05) is 24.3 Å². The lowest BCUT2D eigenvalue weighted by Crippen LogP contribution is -2.34. The fourth-order valence-corrected chi connectivity index (χ4v) is 3.56. The number of carbonyl (C=O) groups excluding carboxylic acids is 1. The van der Waals surface area contributed by atoms with Gasteiger partial charge in [-0.05, 0) is 49.6 Å². The topological polar surface area (TPSA) is 57.6 Å². The Morgan fingerprint density at radius 2 is 1.92 bits per heavy atom. The summed E-state index contributed by atoms with van der Waals surface area (Å²) < 4.78 is 14.2. The van der Waals surface area contributed by atoms with Gasteiger partial charge < -0.3 is 10.0 Å². The lowest BCUT2D eigenvalue weighted by atomic mass is 9.93. The number of carbonyl (C=O) groups is 2. The zero-order chi connectivity index (χ0) is 18.1. The molecule has 1 aliphatic rings. The third-order valence-electron chi connectivity index (χ3n) is 4.91. The van der Waals surface area contributed by atoms with Crippen molar-refractivity contribution < 1.29 is 19.1 Å². The quantitative estimate of drug-likeness (QED) is 0.922. The first kappa shape index (κ1) is 17.1. The first-order valence-corrected chi connectivity index (χ1v) is 8.28. The highest BCUT2D eigenvalue weighted by Gasteiger charge is 2.35. The van der Waals surface area contributed by atoms with Crippen LogP contribution in [0.1, 0.15) is 51.1 Å². The molecule has 0 aliphatic carbocycles. The van der Waals surface area contributed by atoms with Gasteiger partial charge in [-0.3, -0.25) is 4.79 Å².